The summed E-state index contributed by atoms with van der Waals surface area (Å²) < 4.78 is 6.03. The number of nitrogens with zero attached hydrogens (tertiary/aromatic N) is 2. The van der Waals surface area contributed by atoms with Crippen LogP contribution in [-0.2, 0) is 0 Å². The summed E-state index contributed by atoms with van der Waals surface area (Å²) >= 11 is 0. The molecule has 1 aliphatic heterocycles. The van der Waals surface area contributed by atoms with Gasteiger partial charge in [-0.15, -0.1) is 4.74 Å². The van der Waals surface area contributed by atoms with Gasteiger partial charge in [-0.3, -0.25) is 14.5 Å². The average molecular weight is 295 g/mol. The molecule has 0 aromatic carbocycles. The number of rotatable bonds is 5. The molecule has 0 saturated carbocycles. The van der Waals surface area contributed by atoms with Crippen LogP contribution in [0.4, 0.5) is 0 Å². The van der Waals surface area contributed by atoms with Gasteiger partial charge in [0.2, 0.25) is 0 Å². The molecule has 1 fully saturated rings. The molecule has 1 aliphatic rings. The van der Waals surface area contributed by atoms with E-state index >= 15 is 0 Å². The van der Waals surface area contributed by atoms with Crippen LogP contribution in [0.2, 0.25) is 0 Å². The van der Waals surface area contributed by atoms with Crippen LogP contribution in [0, 0.1) is 12.8 Å². The Kier molecular flexibility index (Phi) is 5.36. The molecule has 0 amide bonds. The van der Waals surface area contributed by atoms with Gasteiger partial charge in [-0.05, 0) is 52.6 Å². The Balaban J connectivity index is 2.00. The Morgan fingerprint density at radius 2 is 2.14 bits per heavy atom. The van der Waals surface area contributed by atoms with Crippen molar-refractivity contribution in [3.8, 4) is 0 Å². The molecule has 2 rings (SSSR count). The number of nitrogens with one attached hydrogen (secondary N) is 1. The zero-order valence-corrected chi connectivity index (χ0v) is 13.1. The van der Waals surface area contributed by atoms with Gasteiger partial charge in [-0.1, -0.05) is 0 Å². The zero-order valence-electron chi connectivity index (χ0n) is 13.1. The first-order chi connectivity index (χ1) is 9.97. The highest BCUT2D eigenvalue weighted by Crippen LogP contribution is 2.15. The fourth-order valence-corrected chi connectivity index (χ4v) is 2.71. The Labute approximate surface area is 125 Å². The summed E-state index contributed by atoms with van der Waals surface area (Å²) in [6.07, 6.45) is 2.27. The minimum Gasteiger partial charge on any atom is -0.373 e. The molecule has 1 saturated heterocycles. The van der Waals surface area contributed by atoms with Crippen molar-refractivity contribution in [1.29, 1.82) is 0 Å². The van der Waals surface area contributed by atoms with E-state index in [4.69, 9.17) is 4.52 Å². The highest BCUT2D eigenvalue weighted by Gasteiger charge is 2.22. The number of hydrogen-bond donors (Lipinski definition) is 1. The van der Waals surface area contributed by atoms with E-state index in [0.717, 1.165) is 37.2 Å². The third kappa shape index (κ3) is 4.28. The lowest BCUT2D eigenvalue weighted by atomic mass is 9.97. The normalized spacial score (nSPS) is 16.8. The Bertz CT molecular complexity index is 527. The van der Waals surface area contributed by atoms with E-state index in [1.807, 2.05) is 0 Å². The van der Waals surface area contributed by atoms with E-state index in [1.165, 1.54) is 6.07 Å². The molecule has 0 unspecified atom stereocenters. The van der Waals surface area contributed by atoms with Gasteiger partial charge in [-0.25, -0.2) is 0 Å². The molecule has 6 nitrogen and oxygen atoms in total. The van der Waals surface area contributed by atoms with E-state index < -0.39 is 0 Å². The van der Waals surface area contributed by atoms with Crippen molar-refractivity contribution in [2.45, 2.75) is 39.7 Å². The molecule has 0 radical (unpaired) electrons. The Morgan fingerprint density at radius 1 is 1.48 bits per heavy atom. The standard InChI is InChI=1S/C15H25N3O3/c1-11(2)17(9-13-4-6-16-7-5-13)10-15(20)18-14(19)8-12(3)21-18/h8,11,13,16H,4-7,9-10H2,1-3H3. The highest BCUT2D eigenvalue weighted by atomic mass is 16.5. The molecule has 0 atom stereocenters. The molecular weight excluding hydrogens is 270 g/mol. The summed E-state index contributed by atoms with van der Waals surface area (Å²) in [6.45, 7) is 9.01. The lowest BCUT2D eigenvalue weighted by Gasteiger charge is -2.32. The molecule has 21 heavy (non-hydrogen) atoms. The van der Waals surface area contributed by atoms with Gasteiger partial charge in [0.15, 0.2) is 0 Å². The van der Waals surface area contributed by atoms with Gasteiger partial charge in [-0.2, -0.15) is 0 Å². The van der Waals surface area contributed by atoms with Crippen LogP contribution >= 0.6 is 0 Å². The Hall–Kier alpha value is -1.40. The van der Waals surface area contributed by atoms with Crippen molar-refractivity contribution < 1.29 is 9.32 Å². The van der Waals surface area contributed by atoms with Crippen molar-refractivity contribution in [2.75, 3.05) is 26.2 Å². The van der Waals surface area contributed by atoms with E-state index in [-0.39, 0.29) is 24.1 Å². The third-order valence-electron chi connectivity index (χ3n) is 4.01. The van der Waals surface area contributed by atoms with Crippen LogP contribution in [-0.4, -0.2) is 47.8 Å². The van der Waals surface area contributed by atoms with Gasteiger partial charge in [0, 0.05) is 18.7 Å². The first-order valence-electron chi connectivity index (χ1n) is 7.65. The average Bonchev–Trinajstić information content (AvgIpc) is 2.78. The van der Waals surface area contributed by atoms with Crippen LogP contribution in [0.1, 0.15) is 37.2 Å². The summed E-state index contributed by atoms with van der Waals surface area (Å²) in [5, 5.41) is 3.35. The third-order valence-corrected chi connectivity index (χ3v) is 4.01. The van der Waals surface area contributed by atoms with Crippen LogP contribution in [0.15, 0.2) is 15.4 Å². The summed E-state index contributed by atoms with van der Waals surface area (Å²) in [5.41, 5.74) is -0.386. The number of aryl methyl sites for hydroxylation is 1. The summed E-state index contributed by atoms with van der Waals surface area (Å²) in [6, 6.07) is 1.60. The fourth-order valence-electron chi connectivity index (χ4n) is 2.71. The van der Waals surface area contributed by atoms with Gasteiger partial charge < -0.3 is 9.84 Å². The summed E-state index contributed by atoms with van der Waals surface area (Å²) in [5.74, 6) is 0.773. The zero-order chi connectivity index (χ0) is 15.4. The van der Waals surface area contributed by atoms with Crippen molar-refractivity contribution in [3.63, 3.8) is 0 Å². The molecular formula is C15H25N3O3. The van der Waals surface area contributed by atoms with E-state index in [0.29, 0.717) is 11.7 Å². The van der Waals surface area contributed by atoms with Crippen LogP contribution < -0.4 is 10.9 Å². The number of hydrogen-bond acceptors (Lipinski definition) is 5. The monoisotopic (exact) mass is 295 g/mol. The maximum absolute atomic E-state index is 12.3. The van der Waals surface area contributed by atoms with Crippen LogP contribution in [0.5, 0.6) is 0 Å². The first-order valence-corrected chi connectivity index (χ1v) is 7.65. The molecule has 1 N–H and O–H groups in total. The maximum Gasteiger partial charge on any atom is 0.290 e. The molecule has 6 heteroatoms. The molecule has 1 aromatic rings. The van der Waals surface area contributed by atoms with E-state index in [2.05, 4.69) is 24.1 Å². The lowest BCUT2D eigenvalue weighted by molar-refractivity contribution is 0.0665. The second kappa shape index (κ2) is 7.04. The molecule has 0 spiro atoms. The highest BCUT2D eigenvalue weighted by molar-refractivity contribution is 5.79. The fraction of sp³-hybridized carbons (Fsp3) is 0.733. The first kappa shape index (κ1) is 16.0. The molecule has 118 valence electrons. The molecule has 0 aliphatic carbocycles. The number of carbonyl (C=O) groups is 1. The van der Waals surface area contributed by atoms with Gasteiger partial charge >= 0.3 is 0 Å². The SMILES string of the molecule is Cc1cc(=O)n(C(=O)CN(CC2CCNCC2)C(C)C)o1. The Morgan fingerprint density at radius 3 is 2.67 bits per heavy atom. The second-order valence-corrected chi connectivity index (χ2v) is 6.09. The molecule has 2 heterocycles. The predicted molar refractivity (Wildman–Crippen MR) is 80.6 cm³/mol. The quantitative estimate of drug-likeness (QED) is 0.881. The van der Waals surface area contributed by atoms with Crippen molar-refractivity contribution >= 4 is 5.91 Å². The predicted octanol–water partition coefficient (Wildman–Crippen LogP) is 1.10. The number of aromatic nitrogens is 1. The topological polar surface area (TPSA) is 67.5 Å². The van der Waals surface area contributed by atoms with Gasteiger partial charge in [0.1, 0.15) is 5.76 Å². The number of carbonyl (C=O) groups excluding carboxylic acids is 1. The van der Waals surface area contributed by atoms with Crippen molar-refractivity contribution in [3.05, 3.63) is 22.2 Å². The van der Waals surface area contributed by atoms with Gasteiger partial charge in [0.25, 0.3) is 11.5 Å². The second-order valence-electron chi connectivity index (χ2n) is 6.09. The minimum atomic E-state index is -0.386. The van der Waals surface area contributed by atoms with Crippen molar-refractivity contribution in [2.24, 2.45) is 5.92 Å². The van der Waals surface area contributed by atoms with Crippen LogP contribution in [0.3, 0.4) is 0 Å². The van der Waals surface area contributed by atoms with E-state index in [1.54, 1.807) is 6.92 Å². The maximum atomic E-state index is 12.3. The smallest absolute Gasteiger partial charge is 0.290 e. The minimum absolute atomic E-state index is 0.217. The van der Waals surface area contributed by atoms with Crippen LogP contribution in [0.25, 0.3) is 0 Å². The van der Waals surface area contributed by atoms with Crippen molar-refractivity contribution in [1.82, 2.24) is 15.0 Å². The molecule has 0 bridgehead atoms. The summed E-state index contributed by atoms with van der Waals surface area (Å²) in [7, 11) is 0. The van der Waals surface area contributed by atoms with Gasteiger partial charge in [0.05, 0.1) is 6.54 Å². The largest absolute Gasteiger partial charge is 0.373 e. The molecule has 1 aromatic heterocycles. The van der Waals surface area contributed by atoms with E-state index in [9.17, 15) is 9.59 Å². The number of piperidine rings is 1. The summed E-state index contributed by atoms with van der Waals surface area (Å²) in [4.78, 5) is 26.0. The lowest BCUT2D eigenvalue weighted by Crippen LogP contribution is -2.43.